The van der Waals surface area contributed by atoms with Gasteiger partial charge in [0.15, 0.2) is 11.4 Å². The number of nitrogens with one attached hydrogen (secondary N) is 2. The van der Waals surface area contributed by atoms with Crippen LogP contribution in [0, 0.1) is 5.82 Å². The minimum absolute atomic E-state index is 0.141. The van der Waals surface area contributed by atoms with Crippen LogP contribution in [0.5, 0.6) is 5.88 Å². The minimum Gasteiger partial charge on any atom is -0.494 e. The van der Waals surface area contributed by atoms with Gasteiger partial charge in [-0.15, -0.1) is 0 Å². The average Bonchev–Trinajstić information content (AvgIpc) is 3.11. The van der Waals surface area contributed by atoms with Gasteiger partial charge >= 0.3 is 12.0 Å². The van der Waals surface area contributed by atoms with Crippen LogP contribution in [-0.4, -0.2) is 32.7 Å². The summed E-state index contributed by atoms with van der Waals surface area (Å²) in [5, 5.41) is 25.4. The zero-order valence-electron chi connectivity index (χ0n) is 15.0. The van der Waals surface area contributed by atoms with Gasteiger partial charge in [0.2, 0.25) is 0 Å². The lowest BCUT2D eigenvalue weighted by molar-refractivity contribution is -0.136. The standard InChI is InChI=1S/C20H16FN3O5/c21-14-4-2-13(3-5-14)20(18(28)22-19(29)23-20)10-24-9-12-7-11(8-16(25)26)1-6-15(12)17(24)27/h1-7,9,27H,8,10H2,(H,25,26)(H2,22,23,28,29). The molecule has 0 bridgehead atoms. The van der Waals surface area contributed by atoms with Gasteiger partial charge < -0.3 is 20.1 Å². The second-order valence-corrected chi connectivity index (χ2v) is 6.89. The summed E-state index contributed by atoms with van der Waals surface area (Å²) in [5.41, 5.74) is -0.630. The number of carboxylic acids is 1. The number of aromatic hydroxyl groups is 1. The molecule has 0 saturated carbocycles. The van der Waals surface area contributed by atoms with Gasteiger partial charge in [-0.3, -0.25) is 14.9 Å². The summed E-state index contributed by atoms with van der Waals surface area (Å²) in [6.45, 7) is -0.148. The summed E-state index contributed by atoms with van der Waals surface area (Å²) >= 11 is 0. The number of carboxylic acid groups (broad SMARTS) is 1. The van der Waals surface area contributed by atoms with Gasteiger partial charge in [-0.2, -0.15) is 0 Å². The number of aliphatic carboxylic acids is 1. The van der Waals surface area contributed by atoms with Crippen LogP contribution in [-0.2, 0) is 28.1 Å². The van der Waals surface area contributed by atoms with Crippen LogP contribution in [0.2, 0.25) is 0 Å². The summed E-state index contributed by atoms with van der Waals surface area (Å²) < 4.78 is 14.7. The Bertz CT molecular complexity index is 1150. The van der Waals surface area contributed by atoms with Crippen molar-refractivity contribution in [2.75, 3.05) is 0 Å². The number of nitrogens with zero attached hydrogens (tertiary/aromatic N) is 1. The number of rotatable bonds is 5. The smallest absolute Gasteiger partial charge is 0.322 e. The van der Waals surface area contributed by atoms with E-state index in [0.717, 1.165) is 0 Å². The van der Waals surface area contributed by atoms with Gasteiger partial charge in [0, 0.05) is 17.0 Å². The van der Waals surface area contributed by atoms with E-state index in [2.05, 4.69) is 10.6 Å². The molecule has 4 rings (SSSR count). The van der Waals surface area contributed by atoms with Crippen LogP contribution >= 0.6 is 0 Å². The molecule has 0 aliphatic carbocycles. The fourth-order valence-electron chi connectivity index (χ4n) is 3.60. The summed E-state index contributed by atoms with van der Waals surface area (Å²) in [7, 11) is 0. The summed E-state index contributed by atoms with van der Waals surface area (Å²) in [6.07, 6.45) is 1.40. The Morgan fingerprint density at radius 2 is 1.86 bits per heavy atom. The van der Waals surface area contributed by atoms with Gasteiger partial charge in [0.05, 0.1) is 13.0 Å². The molecule has 1 fully saturated rings. The van der Waals surface area contributed by atoms with E-state index in [9.17, 15) is 23.9 Å². The first-order valence-electron chi connectivity index (χ1n) is 8.71. The minimum atomic E-state index is -1.54. The molecule has 1 aliphatic heterocycles. The number of carbonyl (C=O) groups is 3. The third kappa shape index (κ3) is 3.16. The highest BCUT2D eigenvalue weighted by atomic mass is 19.1. The fourth-order valence-corrected chi connectivity index (χ4v) is 3.60. The van der Waals surface area contributed by atoms with E-state index in [-0.39, 0.29) is 18.8 Å². The second-order valence-electron chi connectivity index (χ2n) is 6.89. The van der Waals surface area contributed by atoms with Crippen LogP contribution < -0.4 is 10.6 Å². The first kappa shape index (κ1) is 18.5. The number of hydrogen-bond donors (Lipinski definition) is 4. The highest BCUT2D eigenvalue weighted by molar-refractivity contribution is 6.07. The maximum absolute atomic E-state index is 13.4. The third-order valence-electron chi connectivity index (χ3n) is 4.97. The Morgan fingerprint density at radius 1 is 1.14 bits per heavy atom. The Labute approximate surface area is 163 Å². The van der Waals surface area contributed by atoms with Crippen molar-refractivity contribution in [3.63, 3.8) is 0 Å². The predicted molar refractivity (Wildman–Crippen MR) is 99.7 cm³/mol. The molecule has 3 amide bonds. The van der Waals surface area contributed by atoms with Crippen LogP contribution in [0.25, 0.3) is 10.8 Å². The van der Waals surface area contributed by atoms with Gasteiger partial charge in [-0.1, -0.05) is 18.2 Å². The Kier molecular flexibility index (Phi) is 4.22. The molecule has 1 atom stereocenters. The Morgan fingerprint density at radius 3 is 2.48 bits per heavy atom. The molecule has 0 spiro atoms. The molecular weight excluding hydrogens is 381 g/mol. The number of amides is 3. The van der Waals surface area contributed by atoms with Crippen LogP contribution in [0.1, 0.15) is 11.1 Å². The normalized spacial score (nSPS) is 18.7. The monoisotopic (exact) mass is 397 g/mol. The summed E-state index contributed by atoms with van der Waals surface area (Å²) in [4.78, 5) is 35.4. The lowest BCUT2D eigenvalue weighted by Crippen LogP contribution is -2.47. The van der Waals surface area contributed by atoms with Crippen molar-refractivity contribution in [2.24, 2.45) is 0 Å². The van der Waals surface area contributed by atoms with E-state index in [1.807, 2.05) is 0 Å². The van der Waals surface area contributed by atoms with E-state index in [0.29, 0.717) is 21.9 Å². The predicted octanol–water partition coefficient (Wildman–Crippen LogP) is 1.85. The molecule has 2 heterocycles. The molecule has 1 unspecified atom stereocenters. The molecule has 1 aromatic heterocycles. The van der Waals surface area contributed by atoms with Crippen LogP contribution in [0.4, 0.5) is 9.18 Å². The molecule has 1 saturated heterocycles. The number of hydrogen-bond acceptors (Lipinski definition) is 4. The molecular formula is C20H16FN3O5. The molecule has 9 heteroatoms. The van der Waals surface area contributed by atoms with Crippen molar-refractivity contribution >= 4 is 28.7 Å². The zero-order chi connectivity index (χ0) is 20.8. The number of aromatic nitrogens is 1. The molecule has 148 valence electrons. The molecule has 0 radical (unpaired) electrons. The average molecular weight is 397 g/mol. The second kappa shape index (κ2) is 6.62. The molecule has 2 aromatic carbocycles. The zero-order valence-corrected chi connectivity index (χ0v) is 15.0. The van der Waals surface area contributed by atoms with Crippen molar-refractivity contribution in [3.8, 4) is 5.88 Å². The molecule has 8 nitrogen and oxygen atoms in total. The maximum Gasteiger partial charge on any atom is 0.322 e. The van der Waals surface area contributed by atoms with Crippen molar-refractivity contribution in [1.29, 1.82) is 0 Å². The van der Waals surface area contributed by atoms with Crippen molar-refractivity contribution in [3.05, 3.63) is 65.6 Å². The number of urea groups is 1. The van der Waals surface area contributed by atoms with Gasteiger partial charge in [-0.25, -0.2) is 9.18 Å². The lowest BCUT2D eigenvalue weighted by atomic mass is 9.89. The maximum atomic E-state index is 13.4. The van der Waals surface area contributed by atoms with Crippen molar-refractivity contribution in [2.45, 2.75) is 18.5 Å². The van der Waals surface area contributed by atoms with Crippen LogP contribution in [0.3, 0.4) is 0 Å². The van der Waals surface area contributed by atoms with Crippen LogP contribution in [0.15, 0.2) is 48.7 Å². The number of benzene rings is 2. The van der Waals surface area contributed by atoms with E-state index in [4.69, 9.17) is 5.11 Å². The fraction of sp³-hybridized carbons (Fsp3) is 0.150. The Balaban J connectivity index is 1.78. The molecule has 4 N–H and O–H groups in total. The highest BCUT2D eigenvalue weighted by Crippen LogP contribution is 2.33. The summed E-state index contributed by atoms with van der Waals surface area (Å²) in [6, 6.07) is 9.28. The lowest BCUT2D eigenvalue weighted by Gasteiger charge is -2.27. The number of halogens is 1. The van der Waals surface area contributed by atoms with Gasteiger partial charge in [0.25, 0.3) is 5.91 Å². The third-order valence-corrected chi connectivity index (χ3v) is 4.97. The topological polar surface area (TPSA) is 121 Å². The van der Waals surface area contributed by atoms with E-state index in [1.165, 1.54) is 28.8 Å². The molecule has 29 heavy (non-hydrogen) atoms. The number of fused-ring (bicyclic) bond motifs is 1. The number of carbonyl (C=O) groups excluding carboxylic acids is 2. The largest absolute Gasteiger partial charge is 0.494 e. The molecule has 3 aromatic rings. The van der Waals surface area contributed by atoms with Gasteiger partial charge in [-0.05, 0) is 35.4 Å². The highest BCUT2D eigenvalue weighted by Gasteiger charge is 2.48. The Hall–Kier alpha value is -3.88. The SMILES string of the molecule is O=C(O)Cc1ccc2c(O)n(CC3(c4ccc(F)cc4)NC(=O)NC3=O)cc2c1. The van der Waals surface area contributed by atoms with Gasteiger partial charge in [0.1, 0.15) is 5.82 Å². The first-order valence-corrected chi connectivity index (χ1v) is 8.71. The first-order chi connectivity index (χ1) is 13.8. The number of imide groups is 1. The van der Waals surface area contributed by atoms with E-state index >= 15 is 0 Å². The quantitative estimate of drug-likeness (QED) is 0.490. The van der Waals surface area contributed by atoms with Crippen molar-refractivity contribution in [1.82, 2.24) is 15.2 Å². The van der Waals surface area contributed by atoms with E-state index < -0.39 is 29.3 Å². The van der Waals surface area contributed by atoms with E-state index in [1.54, 1.807) is 24.4 Å². The molecule has 1 aliphatic rings. The summed E-state index contributed by atoms with van der Waals surface area (Å²) in [5.74, 6) is -2.24. The van der Waals surface area contributed by atoms with Crippen molar-refractivity contribution < 1.29 is 29.0 Å².